The third-order valence-corrected chi connectivity index (χ3v) is 3.53. The van der Waals surface area contributed by atoms with Crippen LogP contribution in [0.25, 0.3) is 11.3 Å². The first kappa shape index (κ1) is 15.1. The minimum Gasteiger partial charge on any atom is -0.262 e. The van der Waals surface area contributed by atoms with Crippen LogP contribution in [0.2, 0.25) is 10.0 Å². The van der Waals surface area contributed by atoms with Crippen molar-refractivity contribution in [1.29, 1.82) is 0 Å². The Bertz CT molecular complexity index is 677. The molecule has 0 radical (unpaired) electrons. The van der Waals surface area contributed by atoms with Crippen molar-refractivity contribution in [2.45, 2.75) is 13.1 Å². The number of halogens is 6. The molecule has 108 valence electrons. The summed E-state index contributed by atoms with van der Waals surface area (Å²) in [6.07, 6.45) is -4.67. The van der Waals surface area contributed by atoms with E-state index < -0.39 is 22.7 Å². The Kier molecular flexibility index (Phi) is 3.73. The van der Waals surface area contributed by atoms with Crippen LogP contribution in [0.15, 0.2) is 12.1 Å². The maximum Gasteiger partial charge on any atom is 0.434 e. The summed E-state index contributed by atoms with van der Waals surface area (Å²) >= 11 is 11.5. The molecule has 0 atom stereocenters. The average molecular weight is 327 g/mol. The zero-order valence-corrected chi connectivity index (χ0v) is 11.8. The van der Waals surface area contributed by atoms with E-state index in [0.717, 1.165) is 13.1 Å². The molecule has 1 heterocycles. The smallest absolute Gasteiger partial charge is 0.262 e. The molecule has 0 fully saturated rings. The van der Waals surface area contributed by atoms with Crippen molar-refractivity contribution in [3.8, 4) is 11.3 Å². The number of aryl methyl sites for hydroxylation is 2. The highest BCUT2D eigenvalue weighted by atomic mass is 35.5. The Hall–Kier alpha value is -1.27. The predicted molar refractivity (Wildman–Crippen MR) is 68.4 cm³/mol. The van der Waals surface area contributed by atoms with Gasteiger partial charge in [-0.2, -0.15) is 18.3 Å². The molecule has 0 aliphatic heterocycles. The summed E-state index contributed by atoms with van der Waals surface area (Å²) < 4.78 is 52.9. The van der Waals surface area contributed by atoms with Crippen LogP contribution in [-0.2, 0) is 13.2 Å². The minimum absolute atomic E-state index is 0.122. The van der Waals surface area contributed by atoms with Gasteiger partial charge in [0.1, 0.15) is 11.5 Å². The predicted octanol–water partition coefficient (Wildman–Crippen LogP) is 4.86. The maximum absolute atomic E-state index is 13.9. The monoisotopic (exact) mass is 326 g/mol. The first-order chi connectivity index (χ1) is 9.12. The molecule has 0 unspecified atom stereocenters. The molecule has 0 amide bonds. The molecule has 0 bridgehead atoms. The highest BCUT2D eigenvalue weighted by Gasteiger charge is 2.39. The molecule has 0 aliphatic rings. The SMILES string of the molecule is Cc1cc(-c2nn(C)c(C(F)(F)F)c2Cl)c(F)cc1Cl. The first-order valence-electron chi connectivity index (χ1n) is 5.38. The van der Waals surface area contributed by atoms with Gasteiger partial charge in [0.05, 0.1) is 5.02 Å². The Morgan fingerprint density at radius 1 is 1.20 bits per heavy atom. The molecule has 2 rings (SSSR count). The second-order valence-electron chi connectivity index (χ2n) is 4.21. The van der Waals surface area contributed by atoms with Gasteiger partial charge in [0.2, 0.25) is 0 Å². The molecule has 0 spiro atoms. The van der Waals surface area contributed by atoms with Gasteiger partial charge >= 0.3 is 6.18 Å². The fourth-order valence-electron chi connectivity index (χ4n) is 1.82. The van der Waals surface area contributed by atoms with Crippen molar-refractivity contribution in [1.82, 2.24) is 9.78 Å². The molecule has 1 aromatic heterocycles. The molecule has 0 aliphatic carbocycles. The van der Waals surface area contributed by atoms with Crippen LogP contribution in [0.5, 0.6) is 0 Å². The van der Waals surface area contributed by atoms with Gasteiger partial charge in [-0.05, 0) is 24.6 Å². The molecule has 2 aromatic rings. The summed E-state index contributed by atoms with van der Waals surface area (Å²) in [6, 6.07) is 2.33. The molecule has 0 N–H and O–H groups in total. The van der Waals surface area contributed by atoms with E-state index in [9.17, 15) is 17.6 Å². The molecule has 1 aromatic carbocycles. The van der Waals surface area contributed by atoms with E-state index >= 15 is 0 Å². The number of nitrogens with zero attached hydrogens (tertiary/aromatic N) is 2. The van der Waals surface area contributed by atoms with Crippen molar-refractivity contribution in [2.75, 3.05) is 0 Å². The van der Waals surface area contributed by atoms with E-state index in [2.05, 4.69) is 5.10 Å². The van der Waals surface area contributed by atoms with E-state index in [0.29, 0.717) is 10.2 Å². The van der Waals surface area contributed by atoms with Gasteiger partial charge < -0.3 is 0 Å². The summed E-state index contributed by atoms with van der Waals surface area (Å²) in [7, 11) is 1.10. The lowest BCUT2D eigenvalue weighted by atomic mass is 10.1. The van der Waals surface area contributed by atoms with Crippen LogP contribution in [0.1, 0.15) is 11.3 Å². The Morgan fingerprint density at radius 2 is 1.80 bits per heavy atom. The average Bonchev–Trinajstić information content (AvgIpc) is 2.58. The third kappa shape index (κ3) is 2.50. The van der Waals surface area contributed by atoms with Crippen molar-refractivity contribution in [3.63, 3.8) is 0 Å². The van der Waals surface area contributed by atoms with Crippen LogP contribution in [0.4, 0.5) is 17.6 Å². The van der Waals surface area contributed by atoms with Gasteiger partial charge in [0.15, 0.2) is 5.69 Å². The zero-order valence-electron chi connectivity index (χ0n) is 10.3. The van der Waals surface area contributed by atoms with Crippen LogP contribution < -0.4 is 0 Å². The van der Waals surface area contributed by atoms with Crippen LogP contribution in [0, 0.1) is 12.7 Å². The van der Waals surface area contributed by atoms with E-state index in [4.69, 9.17) is 23.2 Å². The van der Waals surface area contributed by atoms with Gasteiger partial charge in [0.25, 0.3) is 0 Å². The number of hydrogen-bond donors (Lipinski definition) is 0. The lowest BCUT2D eigenvalue weighted by Gasteiger charge is -2.06. The molecular weight excluding hydrogens is 319 g/mol. The largest absolute Gasteiger partial charge is 0.434 e. The molecule has 20 heavy (non-hydrogen) atoms. The van der Waals surface area contributed by atoms with Gasteiger partial charge in [-0.15, -0.1) is 0 Å². The van der Waals surface area contributed by atoms with Crippen LogP contribution >= 0.6 is 23.2 Å². The van der Waals surface area contributed by atoms with Gasteiger partial charge in [-0.1, -0.05) is 23.2 Å². The van der Waals surface area contributed by atoms with Crippen molar-refractivity contribution in [3.05, 3.63) is 39.3 Å². The number of alkyl halides is 3. The zero-order chi connectivity index (χ0) is 15.2. The minimum atomic E-state index is -4.67. The normalized spacial score (nSPS) is 12.0. The molecule has 0 saturated carbocycles. The van der Waals surface area contributed by atoms with Gasteiger partial charge in [-0.3, -0.25) is 4.68 Å². The number of aromatic nitrogens is 2. The molecule has 2 nitrogen and oxygen atoms in total. The van der Waals surface area contributed by atoms with Gasteiger partial charge in [-0.25, -0.2) is 4.39 Å². The Labute approximate surface area is 121 Å². The Morgan fingerprint density at radius 3 is 2.30 bits per heavy atom. The third-order valence-electron chi connectivity index (χ3n) is 2.76. The second kappa shape index (κ2) is 4.93. The summed E-state index contributed by atoms with van der Waals surface area (Å²) in [5.41, 5.74) is -0.999. The van der Waals surface area contributed by atoms with Crippen molar-refractivity contribution in [2.24, 2.45) is 7.05 Å². The number of hydrogen-bond acceptors (Lipinski definition) is 1. The Balaban J connectivity index is 2.70. The fraction of sp³-hybridized carbons (Fsp3) is 0.250. The van der Waals surface area contributed by atoms with E-state index in [1.54, 1.807) is 6.92 Å². The standard InChI is InChI=1S/C12H8Cl2F4N2/c1-5-3-6(8(15)4-7(5)13)10-9(14)11(12(16,17)18)20(2)19-10/h3-4H,1-2H3. The molecule has 0 saturated heterocycles. The maximum atomic E-state index is 13.9. The van der Waals surface area contributed by atoms with Gasteiger partial charge in [0, 0.05) is 17.6 Å². The quantitative estimate of drug-likeness (QED) is 0.684. The lowest BCUT2D eigenvalue weighted by molar-refractivity contribution is -0.143. The van der Waals surface area contributed by atoms with E-state index in [1.165, 1.54) is 6.07 Å². The first-order valence-corrected chi connectivity index (χ1v) is 6.14. The van der Waals surface area contributed by atoms with E-state index in [-0.39, 0.29) is 16.3 Å². The summed E-state index contributed by atoms with van der Waals surface area (Å²) in [5.74, 6) is -0.783. The van der Waals surface area contributed by atoms with Crippen LogP contribution in [0.3, 0.4) is 0 Å². The second-order valence-corrected chi connectivity index (χ2v) is 5.00. The van der Waals surface area contributed by atoms with Crippen molar-refractivity contribution >= 4 is 23.2 Å². The fourth-order valence-corrected chi connectivity index (χ4v) is 2.34. The molecule has 8 heteroatoms. The van der Waals surface area contributed by atoms with Crippen LogP contribution in [-0.4, -0.2) is 9.78 Å². The summed E-state index contributed by atoms with van der Waals surface area (Å²) in [6.45, 7) is 1.60. The lowest BCUT2D eigenvalue weighted by Crippen LogP contribution is -2.12. The van der Waals surface area contributed by atoms with E-state index in [1.807, 2.05) is 0 Å². The highest BCUT2D eigenvalue weighted by molar-refractivity contribution is 6.34. The summed E-state index contributed by atoms with van der Waals surface area (Å²) in [5, 5.41) is 3.20. The number of benzene rings is 1. The topological polar surface area (TPSA) is 17.8 Å². The van der Waals surface area contributed by atoms with Crippen molar-refractivity contribution < 1.29 is 17.6 Å². The summed E-state index contributed by atoms with van der Waals surface area (Å²) in [4.78, 5) is 0. The molecular formula is C12H8Cl2F4N2. The number of rotatable bonds is 1. The highest BCUT2D eigenvalue weighted by Crippen LogP contribution is 2.40.